The number of rotatable bonds is 6. The summed E-state index contributed by atoms with van der Waals surface area (Å²) in [6.45, 7) is 4.62. The van der Waals surface area contributed by atoms with Crippen molar-refractivity contribution >= 4 is 39.2 Å². The van der Waals surface area contributed by atoms with E-state index in [9.17, 15) is 9.59 Å². The Kier molecular flexibility index (Phi) is 5.53. The van der Waals surface area contributed by atoms with Crippen LogP contribution in [0.15, 0.2) is 40.3 Å². The van der Waals surface area contributed by atoms with Crippen molar-refractivity contribution in [1.82, 2.24) is 14.9 Å². The van der Waals surface area contributed by atoms with E-state index < -0.39 is 0 Å². The highest BCUT2D eigenvalue weighted by molar-refractivity contribution is 7.99. The highest BCUT2D eigenvalue weighted by Crippen LogP contribution is 2.43. The molecule has 0 aliphatic heterocycles. The molecule has 1 aliphatic rings. The molecule has 152 valence electrons. The summed E-state index contributed by atoms with van der Waals surface area (Å²) in [5.74, 6) is 0.227. The van der Waals surface area contributed by atoms with Gasteiger partial charge in [-0.15, -0.1) is 11.3 Å². The number of aryl methyl sites for hydroxylation is 2. The van der Waals surface area contributed by atoms with Crippen LogP contribution in [-0.4, -0.2) is 27.8 Å². The second-order valence-corrected chi connectivity index (χ2v) is 9.93. The first-order valence-electron chi connectivity index (χ1n) is 9.83. The molecule has 1 amide bonds. The molecule has 0 radical (unpaired) electrons. The Balaban J connectivity index is 1.42. The highest BCUT2D eigenvalue weighted by Gasteiger charge is 2.38. The molecule has 2 heterocycles. The number of carbonyl (C=O) groups excluding carboxylic acids is 1. The van der Waals surface area contributed by atoms with Crippen LogP contribution in [0.1, 0.15) is 35.3 Å². The fourth-order valence-electron chi connectivity index (χ4n) is 3.90. The molecule has 1 N–H and O–H groups in total. The number of fused-ring (bicyclic) bond motifs is 1. The summed E-state index contributed by atoms with van der Waals surface area (Å²) in [4.78, 5) is 31.7. The third-order valence-corrected chi connectivity index (χ3v) is 8.15. The van der Waals surface area contributed by atoms with Crippen molar-refractivity contribution in [1.29, 1.82) is 0 Å². The second-order valence-electron chi connectivity index (χ2n) is 7.79. The first-order valence-corrected chi connectivity index (χ1v) is 11.6. The van der Waals surface area contributed by atoms with Crippen molar-refractivity contribution in [2.45, 2.75) is 43.7 Å². The number of hydrogen-bond donors (Lipinski definition) is 1. The quantitative estimate of drug-likeness (QED) is 0.478. The molecule has 0 saturated heterocycles. The van der Waals surface area contributed by atoms with E-state index in [0.29, 0.717) is 17.1 Å². The van der Waals surface area contributed by atoms with Gasteiger partial charge >= 0.3 is 0 Å². The van der Waals surface area contributed by atoms with E-state index in [1.807, 2.05) is 19.9 Å². The Hall–Kier alpha value is -2.12. The van der Waals surface area contributed by atoms with E-state index in [0.717, 1.165) is 28.1 Å². The van der Waals surface area contributed by atoms with E-state index in [2.05, 4.69) is 34.6 Å². The van der Waals surface area contributed by atoms with Crippen LogP contribution < -0.4 is 10.9 Å². The van der Waals surface area contributed by atoms with E-state index >= 15 is 0 Å². The number of thioether (sulfide) groups is 1. The van der Waals surface area contributed by atoms with Crippen molar-refractivity contribution in [2.75, 3.05) is 12.3 Å². The largest absolute Gasteiger partial charge is 0.354 e. The number of nitrogens with zero attached hydrogens (tertiary/aromatic N) is 2. The van der Waals surface area contributed by atoms with Gasteiger partial charge < -0.3 is 5.32 Å². The van der Waals surface area contributed by atoms with E-state index in [-0.39, 0.29) is 22.6 Å². The topological polar surface area (TPSA) is 64.0 Å². The van der Waals surface area contributed by atoms with Crippen LogP contribution in [0, 0.1) is 13.8 Å². The SMILES string of the molecule is Cc1sc2nc(SCC(=O)NCC3(c4ccccc4)CCC3)n(C)c(=O)c2c1C. The third-order valence-electron chi connectivity index (χ3n) is 6.02. The number of carbonyl (C=O) groups is 1. The second kappa shape index (κ2) is 7.95. The van der Waals surface area contributed by atoms with Crippen LogP contribution in [0.3, 0.4) is 0 Å². The number of aromatic nitrogens is 2. The number of hydrogen-bond acceptors (Lipinski definition) is 5. The lowest BCUT2D eigenvalue weighted by molar-refractivity contribution is -0.119. The van der Waals surface area contributed by atoms with Gasteiger partial charge in [-0.1, -0.05) is 48.5 Å². The average molecular weight is 428 g/mol. The molecule has 2 aromatic heterocycles. The van der Waals surface area contributed by atoms with Gasteiger partial charge in [0.25, 0.3) is 5.56 Å². The Morgan fingerprint density at radius 1 is 1.28 bits per heavy atom. The maximum Gasteiger partial charge on any atom is 0.262 e. The average Bonchev–Trinajstić information content (AvgIpc) is 2.97. The van der Waals surface area contributed by atoms with Gasteiger partial charge in [-0.3, -0.25) is 14.2 Å². The molecular weight excluding hydrogens is 402 g/mol. The molecule has 29 heavy (non-hydrogen) atoms. The van der Waals surface area contributed by atoms with E-state index in [1.165, 1.54) is 35.1 Å². The predicted octanol–water partition coefficient (Wildman–Crippen LogP) is 3.94. The van der Waals surface area contributed by atoms with Crippen molar-refractivity contribution in [3.8, 4) is 0 Å². The number of thiophene rings is 1. The summed E-state index contributed by atoms with van der Waals surface area (Å²) in [7, 11) is 1.72. The fourth-order valence-corrected chi connectivity index (χ4v) is 5.77. The number of benzene rings is 1. The molecule has 3 aromatic rings. The summed E-state index contributed by atoms with van der Waals surface area (Å²) < 4.78 is 1.55. The van der Waals surface area contributed by atoms with Crippen molar-refractivity contribution in [3.63, 3.8) is 0 Å². The molecule has 4 rings (SSSR count). The summed E-state index contributed by atoms with van der Waals surface area (Å²) in [5.41, 5.74) is 2.32. The van der Waals surface area contributed by atoms with Gasteiger partial charge in [0, 0.05) is 23.9 Å². The lowest BCUT2D eigenvalue weighted by Gasteiger charge is -2.42. The zero-order valence-electron chi connectivity index (χ0n) is 16.9. The minimum absolute atomic E-state index is 0.0231. The molecule has 1 saturated carbocycles. The molecule has 5 nitrogen and oxygen atoms in total. The maximum atomic E-state index is 12.7. The number of nitrogens with one attached hydrogen (secondary N) is 1. The molecule has 7 heteroatoms. The first kappa shape index (κ1) is 20.2. The van der Waals surface area contributed by atoms with Crippen LogP contribution in [0.2, 0.25) is 0 Å². The number of amides is 1. The molecule has 0 unspecified atom stereocenters. The molecule has 0 bridgehead atoms. The third kappa shape index (κ3) is 3.73. The smallest absolute Gasteiger partial charge is 0.262 e. The molecule has 0 atom stereocenters. The van der Waals surface area contributed by atoms with Crippen LogP contribution in [-0.2, 0) is 17.3 Å². The van der Waals surface area contributed by atoms with Gasteiger partial charge in [-0.05, 0) is 37.8 Å². The normalized spacial score (nSPS) is 15.3. The van der Waals surface area contributed by atoms with Gasteiger partial charge in [0.15, 0.2) is 5.16 Å². The molecule has 0 spiro atoms. The molecular formula is C22H25N3O2S2. The Bertz CT molecular complexity index is 1110. The Morgan fingerprint density at radius 3 is 2.66 bits per heavy atom. The fraction of sp³-hybridized carbons (Fsp3) is 0.409. The zero-order valence-corrected chi connectivity index (χ0v) is 18.6. The monoisotopic (exact) mass is 427 g/mol. The van der Waals surface area contributed by atoms with Gasteiger partial charge in [-0.2, -0.15) is 0 Å². The minimum Gasteiger partial charge on any atom is -0.354 e. The standard InChI is InChI=1S/C22H25N3O2S2/c1-14-15(2)29-19-18(14)20(27)25(3)21(24-19)28-12-17(26)23-13-22(10-7-11-22)16-8-5-4-6-9-16/h4-6,8-9H,7,10-13H2,1-3H3,(H,23,26). The van der Waals surface area contributed by atoms with E-state index in [4.69, 9.17) is 0 Å². The summed E-state index contributed by atoms with van der Waals surface area (Å²) in [5, 5.41) is 4.38. The van der Waals surface area contributed by atoms with Crippen molar-refractivity contribution in [2.24, 2.45) is 7.05 Å². The van der Waals surface area contributed by atoms with Crippen LogP contribution in [0.5, 0.6) is 0 Å². The molecule has 1 fully saturated rings. The summed E-state index contributed by atoms with van der Waals surface area (Å²) >= 11 is 2.85. The summed E-state index contributed by atoms with van der Waals surface area (Å²) in [6.07, 6.45) is 3.41. The minimum atomic E-state index is -0.0442. The highest BCUT2D eigenvalue weighted by atomic mass is 32.2. The van der Waals surface area contributed by atoms with Crippen LogP contribution >= 0.6 is 23.1 Å². The summed E-state index contributed by atoms with van der Waals surface area (Å²) in [6, 6.07) is 10.4. The Labute approximate surface area is 178 Å². The molecule has 1 aliphatic carbocycles. The van der Waals surface area contributed by atoms with Gasteiger partial charge in [-0.25, -0.2) is 4.98 Å². The van der Waals surface area contributed by atoms with Crippen LogP contribution in [0.4, 0.5) is 0 Å². The van der Waals surface area contributed by atoms with Crippen LogP contribution in [0.25, 0.3) is 10.2 Å². The zero-order chi connectivity index (χ0) is 20.6. The van der Waals surface area contributed by atoms with Gasteiger partial charge in [0.2, 0.25) is 5.91 Å². The lowest BCUT2D eigenvalue weighted by atomic mass is 9.64. The van der Waals surface area contributed by atoms with Crippen molar-refractivity contribution in [3.05, 3.63) is 56.7 Å². The van der Waals surface area contributed by atoms with Gasteiger partial charge in [0.05, 0.1) is 11.1 Å². The predicted molar refractivity (Wildman–Crippen MR) is 120 cm³/mol. The Morgan fingerprint density at radius 2 is 2.00 bits per heavy atom. The van der Waals surface area contributed by atoms with Crippen molar-refractivity contribution < 1.29 is 4.79 Å². The van der Waals surface area contributed by atoms with Gasteiger partial charge in [0.1, 0.15) is 4.83 Å². The first-order chi connectivity index (χ1) is 13.9. The van der Waals surface area contributed by atoms with E-state index in [1.54, 1.807) is 11.6 Å². The molecule has 1 aromatic carbocycles. The lowest BCUT2D eigenvalue weighted by Crippen LogP contribution is -2.46. The maximum absolute atomic E-state index is 12.7.